The third-order valence-electron chi connectivity index (χ3n) is 2.50. The lowest BCUT2D eigenvalue weighted by atomic mass is 9.96. The molecule has 0 N–H and O–H groups in total. The van der Waals surface area contributed by atoms with Crippen LogP contribution in [0.2, 0.25) is 0 Å². The summed E-state index contributed by atoms with van der Waals surface area (Å²) >= 11 is 0. The van der Waals surface area contributed by atoms with E-state index in [9.17, 15) is 4.79 Å². The average molecular weight is 229 g/mol. The van der Waals surface area contributed by atoms with Crippen molar-refractivity contribution in [2.45, 2.75) is 26.4 Å². The molecule has 0 bridgehead atoms. The van der Waals surface area contributed by atoms with Crippen LogP contribution in [0.3, 0.4) is 0 Å². The third-order valence-corrected chi connectivity index (χ3v) is 2.50. The van der Waals surface area contributed by atoms with E-state index in [4.69, 9.17) is 4.74 Å². The van der Waals surface area contributed by atoms with Gasteiger partial charge in [0.05, 0.1) is 5.52 Å². The van der Waals surface area contributed by atoms with Crippen LogP contribution in [0.5, 0.6) is 0 Å². The second-order valence-electron chi connectivity index (χ2n) is 5.18. The van der Waals surface area contributed by atoms with E-state index in [-0.39, 0.29) is 6.09 Å². The molecular formula is C13H16BNO2. The van der Waals surface area contributed by atoms with Crippen molar-refractivity contribution >= 4 is 30.3 Å². The molecule has 2 rings (SSSR count). The predicted octanol–water partition coefficient (Wildman–Crippen LogP) is 1.68. The Morgan fingerprint density at radius 2 is 1.94 bits per heavy atom. The number of aromatic nitrogens is 1. The highest BCUT2D eigenvalue weighted by Crippen LogP contribution is 2.15. The fourth-order valence-electron chi connectivity index (χ4n) is 1.81. The van der Waals surface area contributed by atoms with Crippen molar-refractivity contribution in [3.8, 4) is 0 Å². The van der Waals surface area contributed by atoms with Gasteiger partial charge in [-0.3, -0.25) is 4.57 Å². The summed E-state index contributed by atoms with van der Waals surface area (Å²) in [5.41, 5.74) is 1.49. The largest absolute Gasteiger partial charge is 0.443 e. The van der Waals surface area contributed by atoms with E-state index < -0.39 is 5.60 Å². The van der Waals surface area contributed by atoms with E-state index in [0.29, 0.717) is 0 Å². The van der Waals surface area contributed by atoms with E-state index in [2.05, 4.69) is 0 Å². The molecule has 0 spiro atoms. The van der Waals surface area contributed by atoms with Gasteiger partial charge in [-0.25, -0.2) is 4.79 Å². The van der Waals surface area contributed by atoms with Crippen molar-refractivity contribution in [2.24, 2.45) is 0 Å². The number of hydrogen-bond donors (Lipinski definition) is 0. The maximum atomic E-state index is 12.0. The highest BCUT2D eigenvalue weighted by Gasteiger charge is 2.19. The first-order valence-corrected chi connectivity index (χ1v) is 5.68. The number of hydrogen-bond acceptors (Lipinski definition) is 2. The van der Waals surface area contributed by atoms with E-state index in [1.165, 1.54) is 0 Å². The fourth-order valence-corrected chi connectivity index (χ4v) is 1.81. The van der Waals surface area contributed by atoms with Gasteiger partial charge in [0.1, 0.15) is 13.4 Å². The number of ether oxygens (including phenoxy) is 1. The summed E-state index contributed by atoms with van der Waals surface area (Å²) in [7, 11) is 1.99. The summed E-state index contributed by atoms with van der Waals surface area (Å²) in [6.45, 7) is 5.59. The van der Waals surface area contributed by atoms with Crippen molar-refractivity contribution in [3.05, 3.63) is 30.5 Å². The van der Waals surface area contributed by atoms with Crippen LogP contribution in [0.1, 0.15) is 20.8 Å². The molecule has 0 unspecified atom stereocenters. The maximum Gasteiger partial charge on any atom is 0.418 e. The van der Waals surface area contributed by atoms with Gasteiger partial charge in [0, 0.05) is 6.20 Å². The van der Waals surface area contributed by atoms with Gasteiger partial charge in [0.2, 0.25) is 0 Å². The van der Waals surface area contributed by atoms with Crippen LogP contribution >= 0.6 is 0 Å². The maximum absolute atomic E-state index is 12.0. The summed E-state index contributed by atoms with van der Waals surface area (Å²) in [6.07, 6.45) is 1.49. The smallest absolute Gasteiger partial charge is 0.418 e. The van der Waals surface area contributed by atoms with Gasteiger partial charge in [-0.2, -0.15) is 0 Å². The molecule has 2 aromatic rings. The summed E-state index contributed by atoms with van der Waals surface area (Å²) < 4.78 is 6.93. The Balaban J connectivity index is 2.46. The van der Waals surface area contributed by atoms with Crippen LogP contribution < -0.4 is 5.46 Å². The summed E-state index contributed by atoms with van der Waals surface area (Å²) in [5.74, 6) is 0. The number of fused-ring (bicyclic) bond motifs is 1. The lowest BCUT2D eigenvalue weighted by Gasteiger charge is -2.19. The predicted molar refractivity (Wildman–Crippen MR) is 71.7 cm³/mol. The van der Waals surface area contributed by atoms with Gasteiger partial charge in [-0.1, -0.05) is 23.7 Å². The molecule has 0 atom stereocenters. The van der Waals surface area contributed by atoms with Gasteiger partial charge in [0.15, 0.2) is 0 Å². The Morgan fingerprint density at radius 1 is 1.29 bits per heavy atom. The molecule has 88 valence electrons. The van der Waals surface area contributed by atoms with Gasteiger partial charge in [-0.15, -0.1) is 0 Å². The molecule has 0 aliphatic rings. The van der Waals surface area contributed by atoms with E-state index in [0.717, 1.165) is 16.4 Å². The molecular weight excluding hydrogens is 213 g/mol. The highest BCUT2D eigenvalue weighted by atomic mass is 16.6. The molecule has 0 saturated heterocycles. The second kappa shape index (κ2) is 3.95. The minimum atomic E-state index is -0.476. The molecule has 0 amide bonds. The molecule has 0 radical (unpaired) electrons. The zero-order valence-corrected chi connectivity index (χ0v) is 10.7. The lowest BCUT2D eigenvalue weighted by Crippen LogP contribution is -2.26. The van der Waals surface area contributed by atoms with Crippen molar-refractivity contribution in [1.82, 2.24) is 4.57 Å². The topological polar surface area (TPSA) is 31.2 Å². The molecule has 0 saturated carbocycles. The highest BCUT2D eigenvalue weighted by molar-refractivity contribution is 6.39. The number of carbonyl (C=O) groups excluding carboxylic acids is 1. The average Bonchev–Trinajstić information content (AvgIpc) is 2.55. The van der Waals surface area contributed by atoms with Crippen molar-refractivity contribution < 1.29 is 9.53 Å². The molecule has 3 nitrogen and oxygen atoms in total. The Kier molecular flexibility index (Phi) is 2.73. The monoisotopic (exact) mass is 229 g/mol. The molecule has 4 heteroatoms. The van der Waals surface area contributed by atoms with Crippen molar-refractivity contribution in [1.29, 1.82) is 0 Å². The number of rotatable bonds is 0. The zero-order chi connectivity index (χ0) is 12.6. The molecule has 0 aliphatic carbocycles. The van der Waals surface area contributed by atoms with E-state index >= 15 is 0 Å². The Morgan fingerprint density at radius 3 is 2.59 bits per heavy atom. The van der Waals surface area contributed by atoms with Gasteiger partial charge in [-0.05, 0) is 32.2 Å². The lowest BCUT2D eigenvalue weighted by molar-refractivity contribution is 0.0544. The first-order chi connectivity index (χ1) is 7.88. The van der Waals surface area contributed by atoms with Crippen LogP contribution in [0, 0.1) is 0 Å². The molecule has 1 aromatic carbocycles. The van der Waals surface area contributed by atoms with Gasteiger partial charge < -0.3 is 4.74 Å². The number of benzene rings is 1. The second-order valence-corrected chi connectivity index (χ2v) is 5.18. The Labute approximate surface area is 102 Å². The normalized spacial score (nSPS) is 11.7. The molecule has 0 aliphatic heterocycles. The molecule has 1 heterocycles. The fraction of sp³-hybridized carbons (Fsp3) is 0.308. The standard InChI is InChI=1S/C13H16BNO2/c1-13(2,3)17-12(16)15-8-10(14)9-6-4-5-7-11(9)15/h4-8H,14H2,1-3H3. The molecule has 17 heavy (non-hydrogen) atoms. The SMILES string of the molecule is Bc1cn(C(=O)OC(C)(C)C)c2ccccc12. The number of para-hydroxylation sites is 1. The van der Waals surface area contributed by atoms with E-state index in [1.807, 2.05) is 59.1 Å². The number of nitrogens with zero attached hydrogens (tertiary/aromatic N) is 1. The quantitative estimate of drug-likeness (QED) is 0.643. The minimum Gasteiger partial charge on any atom is -0.443 e. The molecule has 1 aromatic heterocycles. The zero-order valence-electron chi connectivity index (χ0n) is 10.7. The summed E-state index contributed by atoms with van der Waals surface area (Å²) in [4.78, 5) is 12.0. The van der Waals surface area contributed by atoms with Gasteiger partial charge in [0.25, 0.3) is 0 Å². The first kappa shape index (κ1) is 11.8. The van der Waals surface area contributed by atoms with Crippen molar-refractivity contribution in [2.75, 3.05) is 0 Å². The van der Waals surface area contributed by atoms with Crippen LogP contribution in [-0.2, 0) is 4.74 Å². The molecule has 0 fully saturated rings. The number of carbonyl (C=O) groups is 1. The van der Waals surface area contributed by atoms with Crippen LogP contribution in [0.4, 0.5) is 4.79 Å². The third kappa shape index (κ3) is 2.35. The minimum absolute atomic E-state index is 0.332. The van der Waals surface area contributed by atoms with Crippen molar-refractivity contribution in [3.63, 3.8) is 0 Å². The Bertz CT molecular complexity index is 566. The Hall–Kier alpha value is -1.71. The summed E-state index contributed by atoms with van der Waals surface area (Å²) in [6, 6.07) is 7.81. The summed E-state index contributed by atoms with van der Waals surface area (Å²) in [5, 5.41) is 1.08. The van der Waals surface area contributed by atoms with E-state index in [1.54, 1.807) is 4.57 Å². The van der Waals surface area contributed by atoms with Gasteiger partial charge >= 0.3 is 6.09 Å². The van der Waals surface area contributed by atoms with Crippen LogP contribution in [0.25, 0.3) is 10.9 Å². The first-order valence-electron chi connectivity index (χ1n) is 5.68. The van der Waals surface area contributed by atoms with Crippen LogP contribution in [-0.4, -0.2) is 24.1 Å². The van der Waals surface area contributed by atoms with Crippen LogP contribution in [0.15, 0.2) is 30.5 Å².